The molecule has 1 aromatic heterocycles. The number of nitrogens with zero attached hydrogens (tertiary/aromatic N) is 1. The highest BCUT2D eigenvalue weighted by atomic mass is 16.5. The number of hydrogen-bond acceptors (Lipinski definition) is 2. The fourth-order valence-electron chi connectivity index (χ4n) is 3.09. The molecule has 1 aliphatic heterocycles. The van der Waals surface area contributed by atoms with Gasteiger partial charge in [0.15, 0.2) is 0 Å². The fourth-order valence-corrected chi connectivity index (χ4v) is 3.09. The number of rotatable bonds is 3. The molecule has 0 saturated carbocycles. The van der Waals surface area contributed by atoms with E-state index in [4.69, 9.17) is 10.5 Å². The summed E-state index contributed by atoms with van der Waals surface area (Å²) in [4.78, 5) is 0. The first-order valence-corrected chi connectivity index (χ1v) is 7.36. The minimum atomic E-state index is 0.208. The van der Waals surface area contributed by atoms with Crippen molar-refractivity contribution < 1.29 is 4.74 Å². The van der Waals surface area contributed by atoms with Crippen molar-refractivity contribution in [3.8, 4) is 5.75 Å². The van der Waals surface area contributed by atoms with Crippen LogP contribution in [0.25, 0.3) is 10.9 Å². The van der Waals surface area contributed by atoms with Gasteiger partial charge in [-0.1, -0.05) is 30.3 Å². The Bertz CT molecular complexity index is 766. The van der Waals surface area contributed by atoms with E-state index in [1.807, 2.05) is 6.07 Å². The predicted molar refractivity (Wildman–Crippen MR) is 84.4 cm³/mol. The number of nitrogens with two attached hydrogens (primary N) is 1. The summed E-state index contributed by atoms with van der Waals surface area (Å²) in [6.45, 7) is 1.44. The Kier molecular flexibility index (Phi) is 2.93. The zero-order valence-corrected chi connectivity index (χ0v) is 11.8. The van der Waals surface area contributed by atoms with Crippen molar-refractivity contribution >= 4 is 10.9 Å². The molecule has 2 N–H and O–H groups in total. The summed E-state index contributed by atoms with van der Waals surface area (Å²) >= 11 is 0. The van der Waals surface area contributed by atoms with Crippen LogP contribution in [0, 0.1) is 0 Å². The van der Waals surface area contributed by atoms with Crippen molar-refractivity contribution in [2.75, 3.05) is 0 Å². The fraction of sp³-hybridized carbons (Fsp3) is 0.222. The predicted octanol–water partition coefficient (Wildman–Crippen LogP) is 3.10. The maximum atomic E-state index is 6.04. The van der Waals surface area contributed by atoms with E-state index in [-0.39, 0.29) is 6.10 Å². The second-order valence-corrected chi connectivity index (χ2v) is 5.62. The molecule has 1 unspecified atom stereocenters. The average Bonchev–Trinajstić information content (AvgIpc) is 3.10. The summed E-state index contributed by atoms with van der Waals surface area (Å²) < 4.78 is 8.31. The van der Waals surface area contributed by atoms with Crippen molar-refractivity contribution in [2.24, 2.45) is 5.73 Å². The lowest BCUT2D eigenvalue weighted by Crippen LogP contribution is -2.20. The highest BCUT2D eigenvalue weighted by Crippen LogP contribution is 2.29. The van der Waals surface area contributed by atoms with Gasteiger partial charge in [-0.3, -0.25) is 0 Å². The Morgan fingerprint density at radius 2 is 2.05 bits per heavy atom. The van der Waals surface area contributed by atoms with E-state index in [2.05, 4.69) is 53.2 Å². The minimum absolute atomic E-state index is 0.208. The molecule has 0 aliphatic carbocycles. The number of aromatic nitrogens is 1. The molecule has 3 heteroatoms. The van der Waals surface area contributed by atoms with Gasteiger partial charge in [-0.15, -0.1) is 0 Å². The molecule has 2 aromatic carbocycles. The van der Waals surface area contributed by atoms with Crippen LogP contribution in [0.2, 0.25) is 0 Å². The Balaban J connectivity index is 1.61. The van der Waals surface area contributed by atoms with E-state index < -0.39 is 0 Å². The van der Waals surface area contributed by atoms with E-state index in [0.29, 0.717) is 6.54 Å². The van der Waals surface area contributed by atoms with Crippen LogP contribution in [0.15, 0.2) is 54.7 Å². The molecule has 3 nitrogen and oxygen atoms in total. The molecule has 21 heavy (non-hydrogen) atoms. The summed E-state index contributed by atoms with van der Waals surface area (Å²) in [5, 5.41) is 1.25. The largest absolute Gasteiger partial charge is 0.488 e. The molecule has 0 saturated heterocycles. The molecule has 0 bridgehead atoms. The maximum absolute atomic E-state index is 6.04. The summed E-state index contributed by atoms with van der Waals surface area (Å²) in [5.74, 6) is 1.03. The number of hydrogen-bond donors (Lipinski definition) is 1. The van der Waals surface area contributed by atoms with Crippen LogP contribution in [-0.4, -0.2) is 10.7 Å². The minimum Gasteiger partial charge on any atom is -0.488 e. The van der Waals surface area contributed by atoms with Gasteiger partial charge in [-0.2, -0.15) is 0 Å². The van der Waals surface area contributed by atoms with Gasteiger partial charge in [0.2, 0.25) is 0 Å². The van der Waals surface area contributed by atoms with Gasteiger partial charge >= 0.3 is 0 Å². The molecule has 1 aliphatic rings. The van der Waals surface area contributed by atoms with Gasteiger partial charge in [-0.25, -0.2) is 0 Å². The number of benzene rings is 2. The summed E-state index contributed by atoms with van der Waals surface area (Å²) in [5.41, 5.74) is 9.45. The highest BCUT2D eigenvalue weighted by Gasteiger charge is 2.22. The van der Waals surface area contributed by atoms with Crippen molar-refractivity contribution in [3.05, 3.63) is 65.9 Å². The molecule has 2 heterocycles. The first-order chi connectivity index (χ1) is 10.3. The second kappa shape index (κ2) is 4.93. The molecule has 4 rings (SSSR count). The van der Waals surface area contributed by atoms with E-state index >= 15 is 0 Å². The van der Waals surface area contributed by atoms with E-state index in [1.54, 1.807) is 0 Å². The van der Waals surface area contributed by atoms with Crippen LogP contribution in [0.1, 0.15) is 11.1 Å². The first-order valence-electron chi connectivity index (χ1n) is 7.36. The topological polar surface area (TPSA) is 40.2 Å². The van der Waals surface area contributed by atoms with Crippen molar-refractivity contribution in [3.63, 3.8) is 0 Å². The molecule has 1 atom stereocenters. The zero-order chi connectivity index (χ0) is 14.2. The quantitative estimate of drug-likeness (QED) is 0.799. The zero-order valence-electron chi connectivity index (χ0n) is 11.8. The second-order valence-electron chi connectivity index (χ2n) is 5.62. The van der Waals surface area contributed by atoms with Gasteiger partial charge in [0, 0.05) is 24.7 Å². The molecule has 0 radical (unpaired) electrons. The molecule has 0 amide bonds. The van der Waals surface area contributed by atoms with Gasteiger partial charge in [0.1, 0.15) is 11.9 Å². The molecule has 0 spiro atoms. The Morgan fingerprint density at radius 3 is 2.90 bits per heavy atom. The van der Waals surface area contributed by atoms with Crippen LogP contribution in [0.3, 0.4) is 0 Å². The third-order valence-corrected chi connectivity index (χ3v) is 4.19. The lowest BCUT2D eigenvalue weighted by atomic mass is 10.1. The van der Waals surface area contributed by atoms with Gasteiger partial charge in [-0.05, 0) is 34.7 Å². The number of para-hydroxylation sites is 1. The average molecular weight is 278 g/mol. The Labute approximate surface area is 123 Å². The standard InChI is InChI=1S/C18H18N2O/c19-11-13-5-6-14-7-8-20(17(14)9-13)12-16-10-15-3-1-2-4-18(15)21-16/h1-9,16H,10-12,19H2. The van der Waals surface area contributed by atoms with Crippen molar-refractivity contribution in [1.29, 1.82) is 0 Å². The van der Waals surface area contributed by atoms with Crippen LogP contribution < -0.4 is 10.5 Å². The number of ether oxygens (including phenoxy) is 1. The SMILES string of the molecule is NCc1ccc2ccn(CC3Cc4ccccc4O3)c2c1. The summed E-state index contributed by atoms with van der Waals surface area (Å²) in [7, 11) is 0. The normalized spacial score (nSPS) is 16.9. The van der Waals surface area contributed by atoms with Crippen LogP contribution >= 0.6 is 0 Å². The van der Waals surface area contributed by atoms with Gasteiger partial charge in [0.25, 0.3) is 0 Å². The van der Waals surface area contributed by atoms with Crippen LogP contribution in [-0.2, 0) is 19.5 Å². The molecular formula is C18H18N2O. The number of fused-ring (bicyclic) bond motifs is 2. The van der Waals surface area contributed by atoms with E-state index in [1.165, 1.54) is 16.5 Å². The van der Waals surface area contributed by atoms with Gasteiger partial charge < -0.3 is 15.0 Å². The highest BCUT2D eigenvalue weighted by molar-refractivity contribution is 5.80. The lowest BCUT2D eigenvalue weighted by Gasteiger charge is -2.13. The van der Waals surface area contributed by atoms with Crippen molar-refractivity contribution in [1.82, 2.24) is 4.57 Å². The lowest BCUT2D eigenvalue weighted by molar-refractivity contribution is 0.211. The van der Waals surface area contributed by atoms with E-state index in [9.17, 15) is 0 Å². The summed E-state index contributed by atoms with van der Waals surface area (Å²) in [6, 6.07) is 16.9. The summed E-state index contributed by atoms with van der Waals surface area (Å²) in [6.07, 6.45) is 3.32. The van der Waals surface area contributed by atoms with Gasteiger partial charge in [0.05, 0.1) is 6.54 Å². The molecule has 3 aromatic rings. The smallest absolute Gasteiger partial charge is 0.123 e. The van der Waals surface area contributed by atoms with Crippen molar-refractivity contribution in [2.45, 2.75) is 25.6 Å². The maximum Gasteiger partial charge on any atom is 0.123 e. The van der Waals surface area contributed by atoms with E-state index in [0.717, 1.165) is 24.3 Å². The molecule has 0 fully saturated rings. The van der Waals surface area contributed by atoms with Crippen LogP contribution in [0.4, 0.5) is 0 Å². The molecule has 106 valence electrons. The molecular weight excluding hydrogens is 260 g/mol. The Hall–Kier alpha value is -2.26. The Morgan fingerprint density at radius 1 is 1.14 bits per heavy atom. The first kappa shape index (κ1) is 12.5. The third-order valence-electron chi connectivity index (χ3n) is 4.19. The monoisotopic (exact) mass is 278 g/mol. The third kappa shape index (κ3) is 2.20. The van der Waals surface area contributed by atoms with Crippen LogP contribution in [0.5, 0.6) is 5.75 Å².